The van der Waals surface area contributed by atoms with Gasteiger partial charge in [0.15, 0.2) is 0 Å². The van der Waals surface area contributed by atoms with Crippen LogP contribution in [0.2, 0.25) is 4.34 Å². The minimum absolute atomic E-state index is 0.497. The predicted octanol–water partition coefficient (Wildman–Crippen LogP) is 5.39. The Balaban J connectivity index is 1.59. The van der Waals surface area contributed by atoms with Crippen molar-refractivity contribution >= 4 is 22.9 Å². The third-order valence-corrected chi connectivity index (χ3v) is 5.97. The SMILES string of the molecule is CC(C)(C)C1CCC(CNCCc2ccc(Cl)s2)CC1. The lowest BCUT2D eigenvalue weighted by Gasteiger charge is -2.37. The second kappa shape index (κ2) is 7.29. The smallest absolute Gasteiger partial charge is 0.0931 e. The number of hydrogen-bond acceptors (Lipinski definition) is 2. The molecule has 0 bridgehead atoms. The summed E-state index contributed by atoms with van der Waals surface area (Å²) < 4.78 is 0.903. The van der Waals surface area contributed by atoms with Crippen LogP contribution in [0.15, 0.2) is 12.1 Å². The van der Waals surface area contributed by atoms with E-state index in [2.05, 4.69) is 32.2 Å². The van der Waals surface area contributed by atoms with Crippen LogP contribution in [0.5, 0.6) is 0 Å². The van der Waals surface area contributed by atoms with E-state index in [0.29, 0.717) is 5.41 Å². The van der Waals surface area contributed by atoms with E-state index in [1.54, 1.807) is 11.3 Å². The van der Waals surface area contributed by atoms with Gasteiger partial charge in [-0.25, -0.2) is 0 Å². The molecule has 0 atom stereocenters. The molecule has 3 heteroatoms. The molecule has 0 aliphatic heterocycles. The fourth-order valence-corrected chi connectivity index (χ4v) is 4.32. The van der Waals surface area contributed by atoms with Crippen molar-refractivity contribution in [1.29, 1.82) is 0 Å². The molecule has 1 saturated carbocycles. The van der Waals surface area contributed by atoms with Gasteiger partial charge in [0.2, 0.25) is 0 Å². The van der Waals surface area contributed by atoms with Crippen molar-refractivity contribution in [1.82, 2.24) is 5.32 Å². The van der Waals surface area contributed by atoms with Gasteiger partial charge in [0.25, 0.3) is 0 Å². The zero-order chi connectivity index (χ0) is 14.6. The van der Waals surface area contributed by atoms with Gasteiger partial charge in [-0.15, -0.1) is 11.3 Å². The molecule has 1 aromatic rings. The number of thiophene rings is 1. The Morgan fingerprint density at radius 3 is 2.45 bits per heavy atom. The van der Waals surface area contributed by atoms with Crippen LogP contribution in [0.25, 0.3) is 0 Å². The van der Waals surface area contributed by atoms with Gasteiger partial charge in [0.05, 0.1) is 4.34 Å². The lowest BCUT2D eigenvalue weighted by Crippen LogP contribution is -2.31. The maximum absolute atomic E-state index is 5.94. The van der Waals surface area contributed by atoms with Gasteiger partial charge in [-0.2, -0.15) is 0 Å². The van der Waals surface area contributed by atoms with Gasteiger partial charge < -0.3 is 5.32 Å². The standard InChI is InChI=1S/C17H28ClNS/c1-17(2,3)14-6-4-13(5-7-14)12-19-11-10-15-8-9-16(18)20-15/h8-9,13-14,19H,4-7,10-12H2,1-3H3. The zero-order valence-corrected chi connectivity index (χ0v) is 14.6. The molecule has 1 aliphatic carbocycles. The summed E-state index contributed by atoms with van der Waals surface area (Å²) in [6.07, 6.45) is 6.74. The van der Waals surface area contributed by atoms with Crippen LogP contribution in [0.3, 0.4) is 0 Å². The van der Waals surface area contributed by atoms with E-state index >= 15 is 0 Å². The van der Waals surface area contributed by atoms with Crippen molar-refractivity contribution in [3.05, 3.63) is 21.3 Å². The summed E-state index contributed by atoms with van der Waals surface area (Å²) in [4.78, 5) is 1.39. The lowest BCUT2D eigenvalue weighted by atomic mass is 9.70. The molecule has 0 unspecified atom stereocenters. The molecule has 1 N–H and O–H groups in total. The van der Waals surface area contributed by atoms with Crippen molar-refractivity contribution in [2.75, 3.05) is 13.1 Å². The zero-order valence-electron chi connectivity index (χ0n) is 13.0. The summed E-state index contributed by atoms with van der Waals surface area (Å²) in [5.74, 6) is 1.81. The van der Waals surface area contributed by atoms with Gasteiger partial charge in [-0.05, 0) is 74.6 Å². The van der Waals surface area contributed by atoms with Crippen molar-refractivity contribution in [2.45, 2.75) is 52.9 Å². The second-order valence-electron chi connectivity index (χ2n) is 7.24. The third-order valence-electron chi connectivity index (χ3n) is 4.68. The van der Waals surface area contributed by atoms with Crippen molar-refractivity contribution in [2.24, 2.45) is 17.3 Å². The van der Waals surface area contributed by atoms with Gasteiger partial charge in [0.1, 0.15) is 0 Å². The molecule has 0 spiro atoms. The monoisotopic (exact) mass is 313 g/mol. The molecular weight excluding hydrogens is 286 g/mol. The highest BCUT2D eigenvalue weighted by molar-refractivity contribution is 7.16. The summed E-state index contributed by atoms with van der Waals surface area (Å²) in [7, 11) is 0. The van der Waals surface area contributed by atoms with Crippen LogP contribution < -0.4 is 5.32 Å². The van der Waals surface area contributed by atoms with Gasteiger partial charge >= 0.3 is 0 Å². The Hall–Kier alpha value is -0.0500. The highest BCUT2D eigenvalue weighted by Gasteiger charge is 2.29. The normalized spacial score (nSPS) is 24.0. The van der Waals surface area contributed by atoms with Crippen molar-refractivity contribution in [3.8, 4) is 0 Å². The summed E-state index contributed by atoms with van der Waals surface area (Å²) in [5.41, 5.74) is 0.497. The van der Waals surface area contributed by atoms with E-state index in [1.165, 1.54) is 37.1 Å². The van der Waals surface area contributed by atoms with E-state index in [4.69, 9.17) is 11.6 Å². The molecule has 1 fully saturated rings. The quantitative estimate of drug-likeness (QED) is 0.719. The summed E-state index contributed by atoms with van der Waals surface area (Å²) in [5, 5.41) is 3.63. The van der Waals surface area contributed by atoms with E-state index in [1.807, 2.05) is 6.07 Å². The number of rotatable bonds is 5. The Morgan fingerprint density at radius 1 is 1.20 bits per heavy atom. The molecule has 0 aromatic carbocycles. The Morgan fingerprint density at radius 2 is 1.90 bits per heavy atom. The topological polar surface area (TPSA) is 12.0 Å². The van der Waals surface area contributed by atoms with Gasteiger partial charge in [-0.3, -0.25) is 0 Å². The predicted molar refractivity (Wildman–Crippen MR) is 90.8 cm³/mol. The van der Waals surface area contributed by atoms with E-state index < -0.39 is 0 Å². The lowest BCUT2D eigenvalue weighted by molar-refractivity contribution is 0.149. The Kier molecular flexibility index (Phi) is 5.95. The van der Waals surface area contributed by atoms with Crippen LogP contribution in [-0.4, -0.2) is 13.1 Å². The summed E-state index contributed by atoms with van der Waals surface area (Å²) in [6, 6.07) is 4.14. The molecular formula is C17H28ClNS. The summed E-state index contributed by atoms with van der Waals surface area (Å²) in [6.45, 7) is 9.44. The first-order valence-corrected chi connectivity index (χ1v) is 9.09. The van der Waals surface area contributed by atoms with Gasteiger partial charge in [0, 0.05) is 4.88 Å². The van der Waals surface area contributed by atoms with E-state index in [-0.39, 0.29) is 0 Å². The molecule has 1 nitrogen and oxygen atoms in total. The van der Waals surface area contributed by atoms with Crippen LogP contribution >= 0.6 is 22.9 Å². The molecule has 20 heavy (non-hydrogen) atoms. The molecule has 114 valence electrons. The molecule has 1 aromatic heterocycles. The van der Waals surface area contributed by atoms with E-state index in [9.17, 15) is 0 Å². The van der Waals surface area contributed by atoms with Crippen molar-refractivity contribution < 1.29 is 0 Å². The molecule has 0 radical (unpaired) electrons. The van der Waals surface area contributed by atoms with Crippen LogP contribution in [0.1, 0.15) is 51.3 Å². The maximum atomic E-state index is 5.94. The highest BCUT2D eigenvalue weighted by Crippen LogP contribution is 2.39. The fraction of sp³-hybridized carbons (Fsp3) is 0.765. The minimum Gasteiger partial charge on any atom is -0.316 e. The first-order valence-electron chi connectivity index (χ1n) is 7.90. The highest BCUT2D eigenvalue weighted by atomic mass is 35.5. The average Bonchev–Trinajstić information content (AvgIpc) is 2.80. The van der Waals surface area contributed by atoms with Crippen LogP contribution in [0.4, 0.5) is 0 Å². The molecule has 0 amide bonds. The molecule has 1 aliphatic rings. The average molecular weight is 314 g/mol. The molecule has 2 rings (SSSR count). The summed E-state index contributed by atoms with van der Waals surface area (Å²) >= 11 is 7.65. The number of halogens is 1. The van der Waals surface area contributed by atoms with Crippen LogP contribution in [-0.2, 0) is 6.42 Å². The van der Waals surface area contributed by atoms with Crippen molar-refractivity contribution in [3.63, 3.8) is 0 Å². The molecule has 1 heterocycles. The first-order chi connectivity index (χ1) is 9.45. The maximum Gasteiger partial charge on any atom is 0.0931 e. The Bertz CT molecular complexity index is 399. The number of hydrogen-bond donors (Lipinski definition) is 1. The molecule has 0 saturated heterocycles. The third kappa shape index (κ3) is 5.05. The fourth-order valence-electron chi connectivity index (χ4n) is 3.24. The van der Waals surface area contributed by atoms with E-state index in [0.717, 1.165) is 29.1 Å². The van der Waals surface area contributed by atoms with Gasteiger partial charge in [-0.1, -0.05) is 32.4 Å². The van der Waals surface area contributed by atoms with Crippen LogP contribution in [0, 0.1) is 17.3 Å². The first kappa shape index (κ1) is 16.3. The number of nitrogens with one attached hydrogen (secondary N) is 1. The minimum atomic E-state index is 0.497. The second-order valence-corrected chi connectivity index (χ2v) is 9.04. The largest absolute Gasteiger partial charge is 0.316 e. The Labute approximate surface area is 133 Å².